The van der Waals surface area contributed by atoms with Crippen LogP contribution in [-0.4, -0.2) is 5.11 Å². The molecule has 0 aliphatic carbocycles. The van der Waals surface area contributed by atoms with Gasteiger partial charge in [0.2, 0.25) is 5.82 Å². The van der Waals surface area contributed by atoms with Crippen LogP contribution in [0, 0.1) is 12.7 Å². The molecule has 0 radical (unpaired) electrons. The van der Waals surface area contributed by atoms with Crippen LogP contribution in [0.2, 0.25) is 0 Å². The molecule has 0 spiro atoms. The predicted molar refractivity (Wildman–Crippen MR) is 48.8 cm³/mol. The van der Waals surface area contributed by atoms with Crippen LogP contribution in [0.5, 0.6) is 5.75 Å². The Morgan fingerprint density at radius 1 is 1.43 bits per heavy atom. The number of benzene rings is 1. The normalized spacial score (nSPS) is 10.7. The van der Waals surface area contributed by atoms with Gasteiger partial charge in [0.05, 0.1) is 5.39 Å². The summed E-state index contributed by atoms with van der Waals surface area (Å²) in [6.07, 6.45) is 0. The number of aromatic hydroxyl groups is 1. The number of phenols is 1. The van der Waals surface area contributed by atoms with E-state index in [1.165, 1.54) is 25.1 Å². The van der Waals surface area contributed by atoms with Crippen molar-refractivity contribution in [3.8, 4) is 5.75 Å². The van der Waals surface area contributed by atoms with Gasteiger partial charge in [0.25, 0.3) is 0 Å². The van der Waals surface area contributed by atoms with Gasteiger partial charge < -0.3 is 9.52 Å². The molecule has 0 amide bonds. The van der Waals surface area contributed by atoms with Crippen molar-refractivity contribution in [1.82, 2.24) is 0 Å². The van der Waals surface area contributed by atoms with E-state index < -0.39 is 11.4 Å². The molecule has 3 nitrogen and oxygen atoms in total. The van der Waals surface area contributed by atoms with E-state index in [-0.39, 0.29) is 22.3 Å². The van der Waals surface area contributed by atoms with Crippen molar-refractivity contribution in [2.75, 3.05) is 0 Å². The standard InChI is InChI=1S/C10H7FO3/c1-5-8-6(12)3-2-4-7(8)14-10(13)9(5)11/h2-4,12H,1H3. The summed E-state index contributed by atoms with van der Waals surface area (Å²) < 4.78 is 17.8. The Kier molecular flexibility index (Phi) is 1.77. The Labute approximate surface area is 78.4 Å². The van der Waals surface area contributed by atoms with E-state index in [9.17, 15) is 14.3 Å². The van der Waals surface area contributed by atoms with Crippen molar-refractivity contribution in [3.05, 3.63) is 40.0 Å². The summed E-state index contributed by atoms with van der Waals surface area (Å²) in [5, 5.41) is 9.68. The second kappa shape index (κ2) is 2.83. The highest BCUT2D eigenvalue weighted by Crippen LogP contribution is 2.27. The third-order valence-electron chi connectivity index (χ3n) is 2.09. The topological polar surface area (TPSA) is 50.4 Å². The molecule has 2 aromatic rings. The number of halogens is 1. The van der Waals surface area contributed by atoms with Gasteiger partial charge in [-0.3, -0.25) is 0 Å². The molecule has 72 valence electrons. The quantitative estimate of drug-likeness (QED) is 0.652. The Bertz CT molecular complexity index is 557. The number of fused-ring (bicyclic) bond motifs is 1. The Morgan fingerprint density at radius 3 is 2.86 bits per heavy atom. The van der Waals surface area contributed by atoms with Gasteiger partial charge >= 0.3 is 5.63 Å². The number of hydrogen-bond donors (Lipinski definition) is 1. The number of aryl methyl sites for hydroxylation is 1. The smallest absolute Gasteiger partial charge is 0.372 e. The first kappa shape index (κ1) is 8.74. The summed E-state index contributed by atoms with van der Waals surface area (Å²) in [6.45, 7) is 1.42. The van der Waals surface area contributed by atoms with Gasteiger partial charge in [-0.05, 0) is 19.1 Å². The highest BCUT2D eigenvalue weighted by Gasteiger charge is 2.12. The van der Waals surface area contributed by atoms with Crippen molar-refractivity contribution in [3.63, 3.8) is 0 Å². The van der Waals surface area contributed by atoms with Crippen LogP contribution in [0.1, 0.15) is 5.56 Å². The van der Waals surface area contributed by atoms with Crippen LogP contribution >= 0.6 is 0 Å². The maximum absolute atomic E-state index is 13.1. The van der Waals surface area contributed by atoms with Crippen molar-refractivity contribution >= 4 is 11.0 Å². The van der Waals surface area contributed by atoms with Gasteiger partial charge in [-0.2, -0.15) is 4.39 Å². The van der Waals surface area contributed by atoms with E-state index in [1.807, 2.05) is 0 Å². The van der Waals surface area contributed by atoms with E-state index in [4.69, 9.17) is 0 Å². The maximum Gasteiger partial charge on any atom is 0.372 e. The van der Waals surface area contributed by atoms with E-state index in [0.717, 1.165) is 0 Å². The Balaban J connectivity index is 3.07. The summed E-state index contributed by atoms with van der Waals surface area (Å²) in [6, 6.07) is 4.44. The fourth-order valence-corrected chi connectivity index (χ4v) is 1.39. The fourth-order valence-electron chi connectivity index (χ4n) is 1.39. The molecule has 1 N–H and O–H groups in total. The van der Waals surface area contributed by atoms with E-state index >= 15 is 0 Å². The second-order valence-corrected chi connectivity index (χ2v) is 2.98. The summed E-state index contributed by atoms with van der Waals surface area (Å²) in [5.74, 6) is -1.05. The van der Waals surface area contributed by atoms with E-state index in [0.29, 0.717) is 0 Å². The van der Waals surface area contributed by atoms with Gasteiger partial charge in [0.15, 0.2) is 0 Å². The third-order valence-corrected chi connectivity index (χ3v) is 2.09. The zero-order valence-corrected chi connectivity index (χ0v) is 7.37. The van der Waals surface area contributed by atoms with E-state index in [1.54, 1.807) is 0 Å². The lowest BCUT2D eigenvalue weighted by atomic mass is 10.1. The lowest BCUT2D eigenvalue weighted by Crippen LogP contribution is -2.06. The van der Waals surface area contributed by atoms with Crippen LogP contribution in [0.25, 0.3) is 11.0 Å². The van der Waals surface area contributed by atoms with Gasteiger partial charge in [0, 0.05) is 5.56 Å². The zero-order valence-electron chi connectivity index (χ0n) is 7.37. The molecule has 1 aromatic heterocycles. The second-order valence-electron chi connectivity index (χ2n) is 2.98. The molecule has 0 atom stereocenters. The monoisotopic (exact) mass is 194 g/mol. The van der Waals surface area contributed by atoms with Gasteiger partial charge in [0.1, 0.15) is 11.3 Å². The number of hydrogen-bond acceptors (Lipinski definition) is 3. The number of rotatable bonds is 0. The van der Waals surface area contributed by atoms with Crippen molar-refractivity contribution < 1.29 is 13.9 Å². The maximum atomic E-state index is 13.1. The summed E-state index contributed by atoms with van der Waals surface area (Å²) in [5.41, 5.74) is -0.719. The molecule has 0 bridgehead atoms. The van der Waals surface area contributed by atoms with Gasteiger partial charge in [-0.25, -0.2) is 4.79 Å². The van der Waals surface area contributed by atoms with Crippen molar-refractivity contribution in [1.29, 1.82) is 0 Å². The van der Waals surface area contributed by atoms with E-state index in [2.05, 4.69) is 4.42 Å². The molecule has 0 aliphatic rings. The summed E-state index contributed by atoms with van der Waals surface area (Å²) in [4.78, 5) is 10.9. The Hall–Kier alpha value is -1.84. The Morgan fingerprint density at radius 2 is 2.14 bits per heavy atom. The van der Waals surface area contributed by atoms with Crippen molar-refractivity contribution in [2.45, 2.75) is 6.92 Å². The molecule has 0 aliphatic heterocycles. The largest absolute Gasteiger partial charge is 0.507 e. The first-order valence-corrected chi connectivity index (χ1v) is 4.02. The first-order chi connectivity index (χ1) is 6.61. The van der Waals surface area contributed by atoms with Crippen LogP contribution in [0.4, 0.5) is 4.39 Å². The minimum Gasteiger partial charge on any atom is -0.507 e. The average molecular weight is 194 g/mol. The summed E-state index contributed by atoms with van der Waals surface area (Å²) >= 11 is 0. The van der Waals surface area contributed by atoms with Crippen LogP contribution in [0.15, 0.2) is 27.4 Å². The molecule has 0 saturated heterocycles. The lowest BCUT2D eigenvalue weighted by Gasteiger charge is -2.02. The summed E-state index contributed by atoms with van der Waals surface area (Å²) in [7, 11) is 0. The van der Waals surface area contributed by atoms with Gasteiger partial charge in [-0.1, -0.05) is 6.07 Å². The zero-order chi connectivity index (χ0) is 10.3. The molecular weight excluding hydrogens is 187 g/mol. The molecule has 1 heterocycles. The highest BCUT2D eigenvalue weighted by atomic mass is 19.1. The molecule has 0 saturated carbocycles. The number of phenolic OH excluding ortho intramolecular Hbond substituents is 1. The van der Waals surface area contributed by atoms with Crippen LogP contribution in [-0.2, 0) is 0 Å². The third kappa shape index (κ3) is 1.08. The minimum atomic E-state index is -1.01. The van der Waals surface area contributed by atoms with Crippen molar-refractivity contribution in [2.24, 2.45) is 0 Å². The first-order valence-electron chi connectivity index (χ1n) is 4.02. The SMILES string of the molecule is Cc1c(F)c(=O)oc2cccc(O)c12. The molecule has 0 unspecified atom stereocenters. The van der Waals surface area contributed by atoms with Crippen LogP contribution < -0.4 is 5.63 Å². The van der Waals surface area contributed by atoms with Crippen LogP contribution in [0.3, 0.4) is 0 Å². The molecule has 0 fully saturated rings. The average Bonchev–Trinajstić information content (AvgIpc) is 2.14. The minimum absolute atomic E-state index is 0.0948. The van der Waals surface area contributed by atoms with Gasteiger partial charge in [-0.15, -0.1) is 0 Å². The molecule has 2 rings (SSSR count). The molecule has 14 heavy (non-hydrogen) atoms. The predicted octanol–water partition coefficient (Wildman–Crippen LogP) is 1.95. The fraction of sp³-hybridized carbons (Fsp3) is 0.100. The molecule has 1 aromatic carbocycles. The lowest BCUT2D eigenvalue weighted by molar-refractivity contribution is 0.465. The molecule has 4 heteroatoms. The molecular formula is C10H7FO3. The highest BCUT2D eigenvalue weighted by molar-refractivity contribution is 5.86.